The number of aryl methyl sites for hydroxylation is 2. The highest BCUT2D eigenvalue weighted by Crippen LogP contribution is 2.24. The molecule has 0 atom stereocenters. The molecule has 2 aromatic heterocycles. The van der Waals surface area contributed by atoms with E-state index in [0.717, 1.165) is 22.2 Å². The largest absolute Gasteiger partial charge is 0.350 e. The molecular formula is C19H17ClFN5O. The second-order valence-corrected chi connectivity index (χ2v) is 7.11. The van der Waals surface area contributed by atoms with Gasteiger partial charge < -0.3 is 10.2 Å². The Kier molecular flexibility index (Phi) is 4.39. The lowest BCUT2D eigenvalue weighted by Crippen LogP contribution is -2.60. The molecule has 0 aliphatic carbocycles. The summed E-state index contributed by atoms with van der Waals surface area (Å²) in [5, 5.41) is 12.4. The quantitative estimate of drug-likeness (QED) is 0.750. The van der Waals surface area contributed by atoms with Crippen molar-refractivity contribution in [2.75, 3.05) is 18.0 Å². The van der Waals surface area contributed by atoms with Crippen LogP contribution in [0.3, 0.4) is 0 Å². The molecule has 27 heavy (non-hydrogen) atoms. The molecule has 0 spiro atoms. The monoisotopic (exact) mass is 385 g/mol. The Hall–Kier alpha value is -2.80. The number of hydrogen-bond acceptors (Lipinski definition) is 5. The third kappa shape index (κ3) is 3.30. The van der Waals surface area contributed by atoms with E-state index in [1.54, 1.807) is 17.0 Å². The molecule has 3 aromatic rings. The van der Waals surface area contributed by atoms with E-state index in [1.165, 1.54) is 12.3 Å². The molecule has 8 heteroatoms. The van der Waals surface area contributed by atoms with E-state index < -0.39 is 5.82 Å². The highest BCUT2D eigenvalue weighted by Gasteiger charge is 2.31. The molecule has 1 aliphatic rings. The average molecular weight is 386 g/mol. The summed E-state index contributed by atoms with van der Waals surface area (Å²) < 4.78 is 13.9. The second kappa shape index (κ2) is 6.74. The van der Waals surface area contributed by atoms with Gasteiger partial charge >= 0.3 is 0 Å². The number of pyridine rings is 1. The summed E-state index contributed by atoms with van der Waals surface area (Å²) in [6.45, 7) is 4.84. The number of amides is 1. The van der Waals surface area contributed by atoms with Crippen molar-refractivity contribution in [3.8, 4) is 0 Å². The Bertz CT molecular complexity index is 1050. The Balaban J connectivity index is 1.45. The summed E-state index contributed by atoms with van der Waals surface area (Å²) in [5.41, 5.74) is 3.17. The summed E-state index contributed by atoms with van der Waals surface area (Å²) in [6.07, 6.45) is 1.41. The van der Waals surface area contributed by atoms with Crippen LogP contribution in [0, 0.1) is 19.7 Å². The average Bonchev–Trinajstić information content (AvgIpc) is 2.61. The molecule has 138 valence electrons. The number of halogens is 2. The number of benzene rings is 1. The molecule has 0 saturated carbocycles. The molecule has 1 aliphatic heterocycles. The number of fused-ring (bicyclic) bond motifs is 1. The van der Waals surface area contributed by atoms with Gasteiger partial charge in [-0.2, -0.15) is 10.2 Å². The van der Waals surface area contributed by atoms with E-state index >= 15 is 0 Å². The maximum absolute atomic E-state index is 13.9. The van der Waals surface area contributed by atoms with Gasteiger partial charge in [-0.3, -0.25) is 4.79 Å². The SMILES string of the molecule is Cc1nnc2ccc(C(=O)NC3CN(c4ncc(Cl)cc4F)C3)cc2c1C. The molecule has 6 nitrogen and oxygen atoms in total. The lowest BCUT2D eigenvalue weighted by atomic mass is 10.0. The van der Waals surface area contributed by atoms with Crippen molar-refractivity contribution in [1.82, 2.24) is 20.5 Å². The van der Waals surface area contributed by atoms with Crippen LogP contribution >= 0.6 is 11.6 Å². The van der Waals surface area contributed by atoms with Crippen molar-refractivity contribution in [2.24, 2.45) is 0 Å². The van der Waals surface area contributed by atoms with Crippen LogP contribution in [-0.4, -0.2) is 40.2 Å². The number of anilines is 1. The summed E-state index contributed by atoms with van der Waals surface area (Å²) in [5.74, 6) is -0.381. The van der Waals surface area contributed by atoms with Gasteiger partial charge in [-0.15, -0.1) is 0 Å². The fourth-order valence-electron chi connectivity index (χ4n) is 3.12. The van der Waals surface area contributed by atoms with E-state index in [1.807, 2.05) is 19.9 Å². The molecular weight excluding hydrogens is 369 g/mol. The van der Waals surface area contributed by atoms with Crippen LogP contribution in [0.4, 0.5) is 10.2 Å². The summed E-state index contributed by atoms with van der Waals surface area (Å²) in [4.78, 5) is 18.4. The van der Waals surface area contributed by atoms with Crippen LogP contribution in [0.25, 0.3) is 10.9 Å². The molecule has 0 bridgehead atoms. The van der Waals surface area contributed by atoms with Crippen LogP contribution in [0.5, 0.6) is 0 Å². The predicted octanol–water partition coefficient (Wildman–Crippen LogP) is 3.05. The van der Waals surface area contributed by atoms with Crippen molar-refractivity contribution in [1.29, 1.82) is 0 Å². The van der Waals surface area contributed by atoms with E-state index in [4.69, 9.17) is 11.6 Å². The number of aromatic nitrogens is 3. The normalized spacial score (nSPS) is 14.3. The van der Waals surface area contributed by atoms with Gasteiger partial charge in [0.15, 0.2) is 11.6 Å². The number of carbonyl (C=O) groups is 1. The standard InChI is InChI=1S/C19H17ClFN5O/c1-10-11(2)24-25-17-4-3-12(5-15(10)17)19(27)23-14-8-26(9-14)18-16(21)6-13(20)7-22-18/h3-7,14H,8-9H2,1-2H3,(H,23,27). The lowest BCUT2D eigenvalue weighted by molar-refractivity contribution is 0.0930. The number of rotatable bonds is 3. The first-order valence-corrected chi connectivity index (χ1v) is 8.90. The smallest absolute Gasteiger partial charge is 0.251 e. The fourth-order valence-corrected chi connectivity index (χ4v) is 3.26. The number of nitrogens with one attached hydrogen (secondary N) is 1. The molecule has 1 amide bonds. The summed E-state index contributed by atoms with van der Waals surface area (Å²) in [6, 6.07) is 6.53. The minimum absolute atomic E-state index is 0.0662. The minimum atomic E-state index is -0.464. The van der Waals surface area contributed by atoms with E-state index in [2.05, 4.69) is 20.5 Å². The fraction of sp³-hybridized carbons (Fsp3) is 0.263. The minimum Gasteiger partial charge on any atom is -0.350 e. The van der Waals surface area contributed by atoms with Crippen molar-refractivity contribution >= 4 is 34.2 Å². The topological polar surface area (TPSA) is 71.0 Å². The number of nitrogens with zero attached hydrogens (tertiary/aromatic N) is 4. The number of hydrogen-bond donors (Lipinski definition) is 1. The third-order valence-corrected chi connectivity index (χ3v) is 5.02. The Morgan fingerprint density at radius 2 is 2.04 bits per heavy atom. The van der Waals surface area contributed by atoms with Crippen molar-refractivity contribution < 1.29 is 9.18 Å². The van der Waals surface area contributed by atoms with Crippen molar-refractivity contribution in [3.05, 3.63) is 58.1 Å². The van der Waals surface area contributed by atoms with Gasteiger partial charge in [0.1, 0.15) is 0 Å². The molecule has 3 heterocycles. The zero-order valence-electron chi connectivity index (χ0n) is 14.8. The first-order valence-electron chi connectivity index (χ1n) is 8.53. The molecule has 1 saturated heterocycles. The second-order valence-electron chi connectivity index (χ2n) is 6.68. The lowest BCUT2D eigenvalue weighted by Gasteiger charge is -2.40. The zero-order chi connectivity index (χ0) is 19.1. The highest BCUT2D eigenvalue weighted by molar-refractivity contribution is 6.30. The van der Waals surface area contributed by atoms with Gasteiger partial charge in [0.2, 0.25) is 0 Å². The molecule has 0 radical (unpaired) electrons. The first-order chi connectivity index (χ1) is 12.9. The van der Waals surface area contributed by atoms with Gasteiger partial charge in [-0.25, -0.2) is 9.37 Å². The molecule has 1 fully saturated rings. The maximum Gasteiger partial charge on any atom is 0.251 e. The van der Waals surface area contributed by atoms with Crippen molar-refractivity contribution in [3.63, 3.8) is 0 Å². The zero-order valence-corrected chi connectivity index (χ0v) is 15.6. The maximum atomic E-state index is 13.9. The van der Waals surface area contributed by atoms with Crippen LogP contribution in [0.2, 0.25) is 5.02 Å². The Morgan fingerprint density at radius 3 is 2.78 bits per heavy atom. The predicted molar refractivity (Wildman–Crippen MR) is 102 cm³/mol. The molecule has 0 unspecified atom stereocenters. The third-order valence-electron chi connectivity index (χ3n) is 4.82. The van der Waals surface area contributed by atoms with E-state index in [0.29, 0.717) is 18.7 Å². The summed E-state index contributed by atoms with van der Waals surface area (Å²) >= 11 is 5.72. The van der Waals surface area contributed by atoms with Gasteiger partial charge in [-0.05, 0) is 43.7 Å². The van der Waals surface area contributed by atoms with Crippen LogP contribution in [0.15, 0.2) is 30.5 Å². The van der Waals surface area contributed by atoms with E-state index in [-0.39, 0.29) is 22.8 Å². The van der Waals surface area contributed by atoms with Crippen molar-refractivity contribution in [2.45, 2.75) is 19.9 Å². The molecule has 4 rings (SSSR count). The Labute approximate surface area is 160 Å². The molecule has 1 N–H and O–H groups in total. The first kappa shape index (κ1) is 17.6. The van der Waals surface area contributed by atoms with Crippen LogP contribution in [-0.2, 0) is 0 Å². The highest BCUT2D eigenvalue weighted by atomic mass is 35.5. The van der Waals surface area contributed by atoms with Gasteiger partial charge in [0.05, 0.1) is 22.3 Å². The Morgan fingerprint density at radius 1 is 1.26 bits per heavy atom. The summed E-state index contributed by atoms with van der Waals surface area (Å²) in [7, 11) is 0. The number of carbonyl (C=O) groups excluding carboxylic acids is 1. The molecule has 1 aromatic carbocycles. The van der Waals surface area contributed by atoms with Crippen LogP contribution < -0.4 is 10.2 Å². The van der Waals surface area contributed by atoms with Gasteiger partial charge in [0.25, 0.3) is 5.91 Å². The van der Waals surface area contributed by atoms with Crippen LogP contribution in [0.1, 0.15) is 21.6 Å². The van der Waals surface area contributed by atoms with Gasteiger partial charge in [-0.1, -0.05) is 11.6 Å². The van der Waals surface area contributed by atoms with E-state index in [9.17, 15) is 9.18 Å². The van der Waals surface area contributed by atoms with Gasteiger partial charge in [0, 0.05) is 30.2 Å².